The molecule has 1 saturated heterocycles. The molecule has 0 saturated carbocycles. The van der Waals surface area contributed by atoms with E-state index < -0.39 is 0 Å². The summed E-state index contributed by atoms with van der Waals surface area (Å²) in [7, 11) is 0. The van der Waals surface area contributed by atoms with Gasteiger partial charge in [-0.3, -0.25) is 14.5 Å². The van der Waals surface area contributed by atoms with Crippen LogP contribution in [-0.2, 0) is 9.59 Å². The number of imide groups is 1. The van der Waals surface area contributed by atoms with Gasteiger partial charge in [0.15, 0.2) is 0 Å². The van der Waals surface area contributed by atoms with Crippen LogP contribution < -0.4 is 4.90 Å². The lowest BCUT2D eigenvalue weighted by Gasteiger charge is -2.13. The zero-order valence-corrected chi connectivity index (χ0v) is 9.14. The molecule has 1 aliphatic rings. The van der Waals surface area contributed by atoms with E-state index in [9.17, 15) is 9.59 Å². The average Bonchev–Trinajstić information content (AvgIpc) is 2.67. The third kappa shape index (κ3) is 2.35. The Morgan fingerprint density at radius 2 is 1.94 bits per heavy atom. The average molecular weight is 229 g/mol. The number of aliphatic hydroxyl groups is 1. The van der Waals surface area contributed by atoms with Gasteiger partial charge in [0.25, 0.3) is 0 Å². The Labute approximate surface area is 98.9 Å². The molecule has 1 aromatic carbocycles. The maximum atomic E-state index is 11.5. The summed E-state index contributed by atoms with van der Waals surface area (Å²) in [4.78, 5) is 24.3. The van der Waals surface area contributed by atoms with Crippen LogP contribution in [0.15, 0.2) is 24.3 Å². The van der Waals surface area contributed by atoms with Crippen LogP contribution in [0, 0.1) is 11.8 Å². The van der Waals surface area contributed by atoms with Crippen molar-refractivity contribution in [3.8, 4) is 11.8 Å². The molecule has 4 nitrogen and oxygen atoms in total. The van der Waals surface area contributed by atoms with E-state index >= 15 is 0 Å². The van der Waals surface area contributed by atoms with Gasteiger partial charge in [0.05, 0.1) is 5.69 Å². The van der Waals surface area contributed by atoms with E-state index in [4.69, 9.17) is 5.11 Å². The molecule has 4 heteroatoms. The fourth-order valence-electron chi connectivity index (χ4n) is 1.73. The van der Waals surface area contributed by atoms with Crippen molar-refractivity contribution in [3.05, 3.63) is 29.8 Å². The number of hydrogen-bond donors (Lipinski definition) is 1. The smallest absolute Gasteiger partial charge is 0.234 e. The number of hydrogen-bond acceptors (Lipinski definition) is 3. The van der Waals surface area contributed by atoms with E-state index in [0.29, 0.717) is 11.3 Å². The Morgan fingerprint density at radius 1 is 1.24 bits per heavy atom. The van der Waals surface area contributed by atoms with Gasteiger partial charge in [0, 0.05) is 18.4 Å². The molecule has 2 amide bonds. The monoisotopic (exact) mass is 229 g/mol. The lowest BCUT2D eigenvalue weighted by Crippen LogP contribution is -2.28. The van der Waals surface area contributed by atoms with Crippen molar-refractivity contribution >= 4 is 17.5 Å². The summed E-state index contributed by atoms with van der Waals surface area (Å²) >= 11 is 0. The van der Waals surface area contributed by atoms with Crippen molar-refractivity contribution < 1.29 is 14.7 Å². The number of benzene rings is 1. The Hall–Kier alpha value is -2.12. The second-order valence-electron chi connectivity index (χ2n) is 3.63. The minimum Gasteiger partial charge on any atom is -0.384 e. The number of carbonyl (C=O) groups excluding carboxylic acids is 2. The first-order valence-electron chi connectivity index (χ1n) is 5.28. The minimum atomic E-state index is -0.216. The van der Waals surface area contributed by atoms with Gasteiger partial charge in [-0.25, -0.2) is 0 Å². The number of anilines is 1. The van der Waals surface area contributed by atoms with Gasteiger partial charge in [0.2, 0.25) is 11.8 Å². The van der Waals surface area contributed by atoms with Gasteiger partial charge in [-0.1, -0.05) is 17.9 Å². The highest BCUT2D eigenvalue weighted by Crippen LogP contribution is 2.22. The highest BCUT2D eigenvalue weighted by molar-refractivity contribution is 6.19. The second-order valence-corrected chi connectivity index (χ2v) is 3.63. The van der Waals surface area contributed by atoms with E-state index in [-0.39, 0.29) is 31.3 Å². The van der Waals surface area contributed by atoms with Gasteiger partial charge >= 0.3 is 0 Å². The van der Waals surface area contributed by atoms with Crippen LogP contribution >= 0.6 is 0 Å². The topological polar surface area (TPSA) is 57.6 Å². The Bertz CT molecular complexity index is 509. The van der Waals surface area contributed by atoms with E-state index in [2.05, 4.69) is 11.8 Å². The molecule has 0 atom stereocenters. The van der Waals surface area contributed by atoms with Crippen molar-refractivity contribution in [1.29, 1.82) is 0 Å². The summed E-state index contributed by atoms with van der Waals surface area (Å²) in [5, 5.41) is 8.60. The van der Waals surface area contributed by atoms with Gasteiger partial charge in [0.1, 0.15) is 6.61 Å². The van der Waals surface area contributed by atoms with Crippen LogP contribution in [0.1, 0.15) is 18.4 Å². The van der Waals surface area contributed by atoms with Crippen molar-refractivity contribution in [2.24, 2.45) is 0 Å². The summed E-state index contributed by atoms with van der Waals surface area (Å²) in [6.45, 7) is -0.216. The highest BCUT2D eigenvalue weighted by Gasteiger charge is 2.30. The zero-order chi connectivity index (χ0) is 12.3. The fraction of sp³-hybridized carbons (Fsp3) is 0.231. The van der Waals surface area contributed by atoms with Crippen molar-refractivity contribution in [2.45, 2.75) is 12.8 Å². The van der Waals surface area contributed by atoms with E-state index in [1.807, 2.05) is 0 Å². The molecular weight excluding hydrogens is 218 g/mol. The van der Waals surface area contributed by atoms with Crippen LogP contribution in [0.5, 0.6) is 0 Å². The number of aliphatic hydroxyl groups excluding tert-OH is 1. The number of nitrogens with zero attached hydrogens (tertiary/aromatic N) is 1. The molecule has 17 heavy (non-hydrogen) atoms. The first-order chi connectivity index (χ1) is 8.22. The SMILES string of the molecule is O=C1CCC(=O)N1c1cccc(C#CCO)c1. The number of amides is 2. The normalized spacial score (nSPS) is 14.8. The molecule has 1 aliphatic heterocycles. The van der Waals surface area contributed by atoms with Crippen LogP contribution in [-0.4, -0.2) is 23.5 Å². The van der Waals surface area contributed by atoms with Crippen LogP contribution in [0.4, 0.5) is 5.69 Å². The molecule has 86 valence electrons. The quantitative estimate of drug-likeness (QED) is 0.569. The summed E-state index contributed by atoms with van der Waals surface area (Å²) in [5.74, 6) is 4.90. The van der Waals surface area contributed by atoms with Gasteiger partial charge in [-0.2, -0.15) is 0 Å². The molecule has 0 unspecified atom stereocenters. The molecule has 1 N–H and O–H groups in total. The first-order valence-corrected chi connectivity index (χ1v) is 5.28. The summed E-state index contributed by atoms with van der Waals surface area (Å²) in [6, 6.07) is 6.86. The van der Waals surface area contributed by atoms with Crippen LogP contribution in [0.2, 0.25) is 0 Å². The van der Waals surface area contributed by atoms with Gasteiger partial charge in [-0.05, 0) is 18.2 Å². The predicted molar refractivity (Wildman–Crippen MR) is 62.1 cm³/mol. The van der Waals surface area contributed by atoms with E-state index in [0.717, 1.165) is 0 Å². The number of carbonyl (C=O) groups is 2. The predicted octanol–water partition coefficient (Wildman–Crippen LogP) is 0.684. The molecular formula is C13H11NO3. The standard InChI is InChI=1S/C13H11NO3/c15-8-2-4-10-3-1-5-11(9-10)14-12(16)6-7-13(14)17/h1,3,5,9,15H,6-8H2. The van der Waals surface area contributed by atoms with E-state index in [1.54, 1.807) is 24.3 Å². The number of rotatable bonds is 1. The molecule has 1 heterocycles. The third-order valence-electron chi connectivity index (χ3n) is 2.47. The summed E-state index contributed by atoms with van der Waals surface area (Å²) < 4.78 is 0. The maximum Gasteiger partial charge on any atom is 0.234 e. The molecule has 0 aliphatic carbocycles. The summed E-state index contributed by atoms with van der Waals surface area (Å²) in [6.07, 6.45) is 0.538. The molecule has 0 radical (unpaired) electrons. The Morgan fingerprint density at radius 3 is 2.59 bits per heavy atom. The Balaban J connectivity index is 2.33. The molecule has 0 bridgehead atoms. The highest BCUT2D eigenvalue weighted by atomic mass is 16.2. The van der Waals surface area contributed by atoms with Gasteiger partial charge < -0.3 is 5.11 Å². The van der Waals surface area contributed by atoms with Crippen molar-refractivity contribution in [3.63, 3.8) is 0 Å². The fourth-order valence-corrected chi connectivity index (χ4v) is 1.73. The lowest BCUT2D eigenvalue weighted by molar-refractivity contribution is -0.121. The molecule has 1 fully saturated rings. The van der Waals surface area contributed by atoms with Crippen molar-refractivity contribution in [2.75, 3.05) is 11.5 Å². The largest absolute Gasteiger partial charge is 0.384 e. The Kier molecular flexibility index (Phi) is 3.22. The maximum absolute atomic E-state index is 11.5. The third-order valence-corrected chi connectivity index (χ3v) is 2.47. The molecule has 0 aromatic heterocycles. The van der Waals surface area contributed by atoms with Crippen molar-refractivity contribution in [1.82, 2.24) is 0 Å². The lowest BCUT2D eigenvalue weighted by atomic mass is 10.2. The van der Waals surface area contributed by atoms with E-state index in [1.165, 1.54) is 4.90 Å². The van der Waals surface area contributed by atoms with Gasteiger partial charge in [-0.15, -0.1) is 0 Å². The molecule has 2 rings (SSSR count). The molecule has 0 spiro atoms. The minimum absolute atomic E-state index is 0.178. The summed E-state index contributed by atoms with van der Waals surface area (Å²) in [5.41, 5.74) is 1.21. The first kappa shape index (κ1) is 11.4. The second kappa shape index (κ2) is 4.81. The van der Waals surface area contributed by atoms with Crippen LogP contribution in [0.25, 0.3) is 0 Å². The molecule has 1 aromatic rings. The zero-order valence-electron chi connectivity index (χ0n) is 9.14. The van der Waals surface area contributed by atoms with Crippen LogP contribution in [0.3, 0.4) is 0 Å².